The van der Waals surface area contributed by atoms with E-state index in [0.29, 0.717) is 5.69 Å². The Morgan fingerprint density at radius 1 is 1.44 bits per heavy atom. The molecule has 4 nitrogen and oxygen atoms in total. The van der Waals surface area contributed by atoms with Crippen molar-refractivity contribution in [1.29, 1.82) is 5.41 Å². The SMILES string of the molecule is CC.CCc1ccc(N/N=C\C=N)c(O)c1. The van der Waals surface area contributed by atoms with Crippen LogP contribution in [0.25, 0.3) is 0 Å². The molecule has 16 heavy (non-hydrogen) atoms. The molecule has 0 amide bonds. The Morgan fingerprint density at radius 3 is 2.62 bits per heavy atom. The van der Waals surface area contributed by atoms with Gasteiger partial charge in [-0.15, -0.1) is 0 Å². The van der Waals surface area contributed by atoms with Crippen molar-refractivity contribution in [2.24, 2.45) is 5.10 Å². The lowest BCUT2D eigenvalue weighted by molar-refractivity contribution is 0.476. The fourth-order valence-electron chi connectivity index (χ4n) is 1.04. The van der Waals surface area contributed by atoms with Gasteiger partial charge in [0.2, 0.25) is 0 Å². The molecular formula is C12H19N3O. The van der Waals surface area contributed by atoms with Crippen molar-refractivity contribution in [3.63, 3.8) is 0 Å². The zero-order valence-corrected chi connectivity index (χ0v) is 9.99. The van der Waals surface area contributed by atoms with E-state index in [1.165, 1.54) is 6.21 Å². The third-order valence-electron chi connectivity index (χ3n) is 1.80. The van der Waals surface area contributed by atoms with Crippen molar-refractivity contribution < 1.29 is 5.11 Å². The second-order valence-electron chi connectivity index (χ2n) is 2.76. The number of phenols is 1. The highest BCUT2D eigenvalue weighted by Crippen LogP contribution is 2.24. The molecule has 0 aliphatic carbocycles. The van der Waals surface area contributed by atoms with Crippen molar-refractivity contribution >= 4 is 18.1 Å². The number of rotatable bonds is 4. The third-order valence-corrected chi connectivity index (χ3v) is 1.80. The van der Waals surface area contributed by atoms with Crippen LogP contribution in [0, 0.1) is 5.41 Å². The van der Waals surface area contributed by atoms with Crippen LogP contribution in [0.1, 0.15) is 26.3 Å². The summed E-state index contributed by atoms with van der Waals surface area (Å²) in [5.41, 5.74) is 4.25. The minimum atomic E-state index is 0.173. The number of anilines is 1. The minimum absolute atomic E-state index is 0.173. The normalized spacial score (nSPS) is 9.44. The van der Waals surface area contributed by atoms with Crippen LogP contribution < -0.4 is 5.43 Å². The number of hydrogen-bond acceptors (Lipinski definition) is 4. The molecule has 0 bridgehead atoms. The van der Waals surface area contributed by atoms with Gasteiger partial charge in [-0.25, -0.2) is 0 Å². The third kappa shape index (κ3) is 4.59. The van der Waals surface area contributed by atoms with Crippen LogP contribution in [0.5, 0.6) is 5.75 Å². The van der Waals surface area contributed by atoms with E-state index < -0.39 is 0 Å². The maximum Gasteiger partial charge on any atom is 0.140 e. The summed E-state index contributed by atoms with van der Waals surface area (Å²) in [6.45, 7) is 6.02. The fourth-order valence-corrected chi connectivity index (χ4v) is 1.04. The zero-order chi connectivity index (χ0) is 12.4. The summed E-state index contributed by atoms with van der Waals surface area (Å²) in [7, 11) is 0. The molecule has 0 heterocycles. The number of aromatic hydroxyl groups is 1. The van der Waals surface area contributed by atoms with Gasteiger partial charge >= 0.3 is 0 Å². The Hall–Kier alpha value is -1.84. The van der Waals surface area contributed by atoms with Crippen molar-refractivity contribution in [2.45, 2.75) is 27.2 Å². The molecule has 0 fully saturated rings. The molecule has 0 aliphatic heterocycles. The lowest BCUT2D eigenvalue weighted by atomic mass is 10.1. The molecule has 0 spiro atoms. The first kappa shape index (κ1) is 14.2. The Balaban J connectivity index is 0.00000106. The summed E-state index contributed by atoms with van der Waals surface area (Å²) in [4.78, 5) is 0. The highest BCUT2D eigenvalue weighted by Gasteiger charge is 1.99. The second-order valence-corrected chi connectivity index (χ2v) is 2.76. The Labute approximate surface area is 96.5 Å². The molecular weight excluding hydrogens is 202 g/mol. The molecule has 3 N–H and O–H groups in total. The van der Waals surface area contributed by atoms with Crippen LogP contribution >= 0.6 is 0 Å². The van der Waals surface area contributed by atoms with E-state index in [9.17, 15) is 5.11 Å². The highest BCUT2D eigenvalue weighted by atomic mass is 16.3. The van der Waals surface area contributed by atoms with E-state index in [1.807, 2.05) is 26.8 Å². The quantitative estimate of drug-likeness (QED) is 0.415. The summed E-state index contributed by atoms with van der Waals surface area (Å²) in [5.74, 6) is 0.173. The number of nitrogens with zero attached hydrogens (tertiary/aromatic N) is 1. The maximum absolute atomic E-state index is 9.53. The lowest BCUT2D eigenvalue weighted by Crippen LogP contribution is -1.91. The second kappa shape index (κ2) is 8.47. The van der Waals surface area contributed by atoms with E-state index in [4.69, 9.17) is 5.41 Å². The highest BCUT2D eigenvalue weighted by molar-refractivity contribution is 6.14. The van der Waals surface area contributed by atoms with Gasteiger partial charge in [-0.2, -0.15) is 5.10 Å². The topological polar surface area (TPSA) is 68.5 Å². The molecule has 0 atom stereocenters. The summed E-state index contributed by atoms with van der Waals surface area (Å²) >= 11 is 0. The molecule has 0 aromatic heterocycles. The van der Waals surface area contributed by atoms with Crippen LogP contribution in [0.4, 0.5) is 5.69 Å². The molecule has 0 saturated carbocycles. The average Bonchev–Trinajstić information content (AvgIpc) is 2.34. The largest absolute Gasteiger partial charge is 0.506 e. The van der Waals surface area contributed by atoms with Gasteiger partial charge in [-0.1, -0.05) is 26.8 Å². The molecule has 0 saturated heterocycles. The number of hydrazone groups is 1. The van der Waals surface area contributed by atoms with Gasteiger partial charge < -0.3 is 10.5 Å². The number of nitrogens with one attached hydrogen (secondary N) is 2. The van der Waals surface area contributed by atoms with Crippen LogP contribution in [0.2, 0.25) is 0 Å². The van der Waals surface area contributed by atoms with Gasteiger partial charge in [0.1, 0.15) is 5.75 Å². The van der Waals surface area contributed by atoms with Crippen LogP contribution in [0.3, 0.4) is 0 Å². The number of hydrogen-bond donors (Lipinski definition) is 3. The molecule has 1 aromatic rings. The van der Waals surface area contributed by atoms with Crippen molar-refractivity contribution in [3.05, 3.63) is 23.8 Å². The minimum Gasteiger partial charge on any atom is -0.506 e. The van der Waals surface area contributed by atoms with E-state index >= 15 is 0 Å². The first-order valence-corrected chi connectivity index (χ1v) is 5.38. The molecule has 4 heteroatoms. The predicted molar refractivity (Wildman–Crippen MR) is 69.7 cm³/mol. The number of aryl methyl sites for hydroxylation is 1. The average molecular weight is 221 g/mol. The van der Waals surface area contributed by atoms with Gasteiger partial charge in [-0.3, -0.25) is 5.43 Å². The van der Waals surface area contributed by atoms with E-state index in [1.54, 1.807) is 12.1 Å². The molecule has 0 aliphatic rings. The Bertz CT molecular complexity index is 348. The van der Waals surface area contributed by atoms with Crippen LogP contribution in [-0.2, 0) is 6.42 Å². The standard InChI is InChI=1S/C10H13N3O.C2H6/c1-2-8-3-4-9(10(14)7-8)13-12-6-5-11;1-2/h3-7,11,13-14H,2H2,1H3;1-2H3/b11-5?,12-6-;. The summed E-state index contributed by atoms with van der Waals surface area (Å²) in [5, 5.41) is 19.9. The Morgan fingerprint density at radius 2 is 2.12 bits per heavy atom. The molecule has 1 rings (SSSR count). The Kier molecular flexibility index (Phi) is 7.49. The van der Waals surface area contributed by atoms with Gasteiger partial charge in [0.15, 0.2) is 0 Å². The first-order chi connectivity index (χ1) is 7.77. The lowest BCUT2D eigenvalue weighted by Gasteiger charge is -2.04. The van der Waals surface area contributed by atoms with Crippen molar-refractivity contribution in [2.75, 3.05) is 5.43 Å². The summed E-state index contributed by atoms with van der Waals surface area (Å²) in [6, 6.07) is 5.37. The summed E-state index contributed by atoms with van der Waals surface area (Å²) in [6.07, 6.45) is 3.25. The monoisotopic (exact) mass is 221 g/mol. The van der Waals surface area contributed by atoms with E-state index in [0.717, 1.165) is 18.2 Å². The van der Waals surface area contributed by atoms with E-state index in [2.05, 4.69) is 10.5 Å². The maximum atomic E-state index is 9.53. The van der Waals surface area contributed by atoms with Gasteiger partial charge in [0.05, 0.1) is 11.9 Å². The fraction of sp³-hybridized carbons (Fsp3) is 0.333. The number of phenolic OH excluding ortho intramolecular Hbond substituents is 1. The molecule has 1 aromatic carbocycles. The van der Waals surface area contributed by atoms with Gasteiger partial charge in [-0.05, 0) is 24.1 Å². The molecule has 0 unspecified atom stereocenters. The smallest absolute Gasteiger partial charge is 0.140 e. The predicted octanol–water partition coefficient (Wildman–Crippen LogP) is 3.03. The molecule has 0 radical (unpaired) electrons. The van der Waals surface area contributed by atoms with Crippen molar-refractivity contribution in [3.8, 4) is 5.75 Å². The van der Waals surface area contributed by atoms with Crippen LogP contribution in [0.15, 0.2) is 23.3 Å². The zero-order valence-electron chi connectivity index (χ0n) is 9.99. The van der Waals surface area contributed by atoms with Crippen LogP contribution in [-0.4, -0.2) is 17.5 Å². The molecule has 88 valence electrons. The number of benzene rings is 1. The van der Waals surface area contributed by atoms with E-state index in [-0.39, 0.29) is 5.75 Å². The summed E-state index contributed by atoms with van der Waals surface area (Å²) < 4.78 is 0. The van der Waals surface area contributed by atoms with Gasteiger partial charge in [0, 0.05) is 6.21 Å². The first-order valence-electron chi connectivity index (χ1n) is 5.38. The van der Waals surface area contributed by atoms with Gasteiger partial charge in [0.25, 0.3) is 0 Å². The van der Waals surface area contributed by atoms with Crippen molar-refractivity contribution in [1.82, 2.24) is 0 Å².